The maximum atomic E-state index is 11.7. The molecular weight excluding hydrogens is 256 g/mol. The number of hydrogen-bond donors (Lipinski definition) is 4. The molecule has 1 aliphatic heterocycles. The van der Waals surface area contributed by atoms with E-state index in [0.717, 1.165) is 16.8 Å². The smallest absolute Gasteiger partial charge is 0.252 e. The van der Waals surface area contributed by atoms with Crippen LogP contribution in [0.3, 0.4) is 0 Å². The number of hydrogen-bond acceptors (Lipinski definition) is 6. The van der Waals surface area contributed by atoms with Gasteiger partial charge >= 0.3 is 0 Å². The molecule has 0 aliphatic carbocycles. The second-order valence-corrected chi connectivity index (χ2v) is 4.26. The molecule has 1 aliphatic rings. The minimum Gasteiger partial charge on any atom is -0.394 e. The van der Waals surface area contributed by atoms with Crippen molar-refractivity contribution in [3.63, 3.8) is 0 Å². The Morgan fingerprint density at radius 1 is 1.37 bits per heavy atom. The van der Waals surface area contributed by atoms with Gasteiger partial charge in [0.25, 0.3) is 5.56 Å². The number of nitrogens with zero attached hydrogens (tertiary/aromatic N) is 1. The first-order valence-electron chi connectivity index (χ1n) is 5.60. The molecule has 2 heterocycles. The third kappa shape index (κ3) is 2.38. The second kappa shape index (κ2) is 5.10. The molecule has 0 spiro atoms. The van der Waals surface area contributed by atoms with Crippen molar-refractivity contribution < 1.29 is 24.9 Å². The molecule has 1 aromatic heterocycles. The Morgan fingerprint density at radius 2 is 2.05 bits per heavy atom. The number of aliphatic hydroxyl groups is 3. The molecule has 0 radical (unpaired) electrons. The Balaban J connectivity index is 2.39. The summed E-state index contributed by atoms with van der Waals surface area (Å²) in [5, 5.41) is 28.4. The summed E-state index contributed by atoms with van der Waals surface area (Å²) in [6.45, 7) is -0.501. The fourth-order valence-corrected chi connectivity index (χ4v) is 1.96. The molecule has 104 valence electrons. The van der Waals surface area contributed by atoms with Crippen LogP contribution in [-0.4, -0.2) is 50.7 Å². The number of pyridine rings is 1. The quantitative estimate of drug-likeness (QED) is 0.482. The highest BCUT2D eigenvalue weighted by atomic mass is 16.6. The van der Waals surface area contributed by atoms with E-state index in [1.807, 2.05) is 0 Å². The average molecular weight is 270 g/mol. The maximum absolute atomic E-state index is 11.7. The van der Waals surface area contributed by atoms with Crippen LogP contribution in [0.1, 0.15) is 16.6 Å². The fraction of sp³-hybridized carbons (Fsp3) is 0.455. The Hall–Kier alpha value is -1.74. The lowest BCUT2D eigenvalue weighted by Gasteiger charge is -2.17. The number of ether oxygens (including phenoxy) is 1. The molecule has 1 saturated heterocycles. The van der Waals surface area contributed by atoms with Crippen molar-refractivity contribution >= 4 is 5.91 Å². The highest BCUT2D eigenvalue weighted by Gasteiger charge is 2.43. The zero-order valence-corrected chi connectivity index (χ0v) is 9.84. The summed E-state index contributed by atoms with van der Waals surface area (Å²) in [6.07, 6.45) is -3.74. The van der Waals surface area contributed by atoms with Crippen LogP contribution in [0.2, 0.25) is 0 Å². The highest BCUT2D eigenvalue weighted by molar-refractivity contribution is 5.92. The Labute approximate surface area is 107 Å². The van der Waals surface area contributed by atoms with E-state index in [4.69, 9.17) is 15.6 Å². The summed E-state index contributed by atoms with van der Waals surface area (Å²) in [7, 11) is 0. The number of rotatable bonds is 3. The number of amides is 1. The lowest BCUT2D eigenvalue weighted by Crippen LogP contribution is -2.35. The van der Waals surface area contributed by atoms with E-state index in [9.17, 15) is 19.8 Å². The van der Waals surface area contributed by atoms with E-state index < -0.39 is 42.6 Å². The van der Waals surface area contributed by atoms with Crippen LogP contribution >= 0.6 is 0 Å². The minimum atomic E-state index is -1.39. The lowest BCUT2D eigenvalue weighted by molar-refractivity contribution is -0.0544. The molecule has 0 bridgehead atoms. The predicted molar refractivity (Wildman–Crippen MR) is 62.2 cm³/mol. The Morgan fingerprint density at radius 3 is 2.58 bits per heavy atom. The number of nitrogens with two attached hydrogens (primary N) is 1. The standard InChI is InChI=1S/C11H14N2O6/c12-10(18)5-1-2-7(15)13(3-5)11-9(17)8(16)6(4-14)19-11/h1-3,6,8-9,11,14,16-17H,4H2,(H2,12,18)/t6-,8+,9-,11-/m0/s1. The topological polar surface area (TPSA) is 135 Å². The summed E-state index contributed by atoms with van der Waals surface area (Å²) in [4.78, 5) is 22.8. The van der Waals surface area contributed by atoms with Crippen LogP contribution in [0.25, 0.3) is 0 Å². The largest absolute Gasteiger partial charge is 0.394 e. The molecule has 5 N–H and O–H groups in total. The van der Waals surface area contributed by atoms with Crippen molar-refractivity contribution in [1.82, 2.24) is 4.57 Å². The summed E-state index contributed by atoms with van der Waals surface area (Å²) in [6, 6.07) is 2.36. The van der Waals surface area contributed by atoms with Crippen LogP contribution < -0.4 is 11.3 Å². The molecule has 1 fully saturated rings. The van der Waals surface area contributed by atoms with Crippen molar-refractivity contribution in [1.29, 1.82) is 0 Å². The van der Waals surface area contributed by atoms with E-state index in [0.29, 0.717) is 0 Å². The summed E-state index contributed by atoms with van der Waals surface area (Å²) in [5.74, 6) is -0.736. The van der Waals surface area contributed by atoms with Gasteiger partial charge < -0.3 is 25.8 Å². The van der Waals surface area contributed by atoms with Gasteiger partial charge in [0.05, 0.1) is 12.2 Å². The van der Waals surface area contributed by atoms with Crippen molar-refractivity contribution in [2.75, 3.05) is 6.61 Å². The Bertz CT molecular complexity index is 542. The number of carbonyl (C=O) groups is 1. The number of aliphatic hydroxyl groups excluding tert-OH is 3. The summed E-state index contributed by atoms with van der Waals surface area (Å²) in [5.41, 5.74) is 4.64. The van der Waals surface area contributed by atoms with Crippen molar-refractivity contribution in [2.45, 2.75) is 24.5 Å². The first kappa shape index (κ1) is 13.7. The average Bonchev–Trinajstić information content (AvgIpc) is 2.66. The van der Waals surface area contributed by atoms with Gasteiger partial charge in [0.1, 0.15) is 18.3 Å². The molecule has 19 heavy (non-hydrogen) atoms. The predicted octanol–water partition coefficient (Wildman–Crippen LogP) is -2.44. The van der Waals surface area contributed by atoms with Gasteiger partial charge in [-0.2, -0.15) is 0 Å². The molecule has 0 unspecified atom stereocenters. The molecule has 8 nitrogen and oxygen atoms in total. The van der Waals surface area contributed by atoms with Crippen molar-refractivity contribution in [3.8, 4) is 0 Å². The van der Waals surface area contributed by atoms with Gasteiger partial charge in [-0.3, -0.25) is 14.2 Å². The van der Waals surface area contributed by atoms with E-state index in [-0.39, 0.29) is 5.56 Å². The van der Waals surface area contributed by atoms with Crippen LogP contribution in [0.5, 0.6) is 0 Å². The lowest BCUT2D eigenvalue weighted by atomic mass is 10.1. The third-order valence-electron chi connectivity index (χ3n) is 3.01. The van der Waals surface area contributed by atoms with Gasteiger partial charge in [-0.25, -0.2) is 0 Å². The fourth-order valence-electron chi connectivity index (χ4n) is 1.96. The normalized spacial score (nSPS) is 30.5. The first-order chi connectivity index (χ1) is 8.95. The second-order valence-electron chi connectivity index (χ2n) is 4.26. The van der Waals surface area contributed by atoms with Crippen LogP contribution in [0, 0.1) is 0 Å². The molecule has 1 aromatic rings. The van der Waals surface area contributed by atoms with Gasteiger partial charge in [-0.1, -0.05) is 0 Å². The van der Waals surface area contributed by atoms with Crippen LogP contribution in [-0.2, 0) is 4.74 Å². The van der Waals surface area contributed by atoms with Crippen LogP contribution in [0.15, 0.2) is 23.1 Å². The summed E-state index contributed by atoms with van der Waals surface area (Å²) < 4.78 is 6.16. The van der Waals surface area contributed by atoms with Gasteiger partial charge in [0.15, 0.2) is 6.23 Å². The molecule has 1 amide bonds. The minimum absolute atomic E-state index is 0.0670. The molecule has 2 rings (SSSR count). The highest BCUT2D eigenvalue weighted by Crippen LogP contribution is 2.28. The first-order valence-corrected chi connectivity index (χ1v) is 5.60. The number of primary amides is 1. The van der Waals surface area contributed by atoms with Gasteiger partial charge in [0.2, 0.25) is 5.91 Å². The van der Waals surface area contributed by atoms with Gasteiger partial charge in [-0.15, -0.1) is 0 Å². The molecule has 0 saturated carbocycles. The molecular formula is C11H14N2O6. The zero-order valence-electron chi connectivity index (χ0n) is 9.84. The van der Waals surface area contributed by atoms with Gasteiger partial charge in [0, 0.05) is 12.3 Å². The number of carbonyl (C=O) groups excluding carboxylic acids is 1. The monoisotopic (exact) mass is 270 g/mol. The summed E-state index contributed by atoms with van der Waals surface area (Å²) >= 11 is 0. The maximum Gasteiger partial charge on any atom is 0.252 e. The van der Waals surface area contributed by atoms with Crippen LogP contribution in [0.4, 0.5) is 0 Å². The molecule has 4 atom stereocenters. The Kier molecular flexibility index (Phi) is 3.67. The zero-order chi connectivity index (χ0) is 14.2. The van der Waals surface area contributed by atoms with Crippen molar-refractivity contribution in [2.24, 2.45) is 5.73 Å². The van der Waals surface area contributed by atoms with E-state index in [1.54, 1.807) is 0 Å². The third-order valence-corrected chi connectivity index (χ3v) is 3.01. The van der Waals surface area contributed by atoms with E-state index in [2.05, 4.69) is 0 Å². The molecule has 0 aromatic carbocycles. The van der Waals surface area contributed by atoms with E-state index in [1.165, 1.54) is 6.07 Å². The molecule has 8 heteroatoms. The van der Waals surface area contributed by atoms with Crippen molar-refractivity contribution in [3.05, 3.63) is 34.2 Å². The number of aromatic nitrogens is 1. The van der Waals surface area contributed by atoms with Gasteiger partial charge in [-0.05, 0) is 6.07 Å². The van der Waals surface area contributed by atoms with E-state index >= 15 is 0 Å². The SMILES string of the molecule is NC(=O)c1ccc(=O)n([C@H]2O[C@@H](CO)[C@@H](O)[C@@H]2O)c1.